The van der Waals surface area contributed by atoms with Crippen molar-refractivity contribution in [1.82, 2.24) is 0 Å². The van der Waals surface area contributed by atoms with Crippen molar-refractivity contribution in [3.63, 3.8) is 0 Å². The van der Waals surface area contributed by atoms with E-state index in [0.717, 1.165) is 5.82 Å². The maximum Gasteiger partial charge on any atom is 0.257 e. The van der Waals surface area contributed by atoms with Crippen molar-refractivity contribution in [3.8, 4) is 0 Å². The molecule has 0 aliphatic heterocycles. The summed E-state index contributed by atoms with van der Waals surface area (Å²) in [5, 5.41) is 0. The molecule has 1 aliphatic carbocycles. The summed E-state index contributed by atoms with van der Waals surface area (Å²) in [7, 11) is 4.18. The van der Waals surface area contributed by atoms with Gasteiger partial charge in [0.2, 0.25) is 0 Å². The summed E-state index contributed by atoms with van der Waals surface area (Å²) in [5.74, 6) is 0.931. The zero-order chi connectivity index (χ0) is 7.40. The molecule has 0 radical (unpaired) electrons. The summed E-state index contributed by atoms with van der Waals surface area (Å²) >= 11 is 0. The van der Waals surface area contributed by atoms with E-state index < -0.39 is 0 Å². The molecule has 1 aliphatic rings. The van der Waals surface area contributed by atoms with Gasteiger partial charge in [0, 0.05) is 6.10 Å². The predicted molar refractivity (Wildman–Crippen MR) is 48.8 cm³/mol. The van der Waals surface area contributed by atoms with Crippen molar-refractivity contribution in [2.75, 3.05) is 0 Å². The van der Waals surface area contributed by atoms with Crippen molar-refractivity contribution in [3.05, 3.63) is 0 Å². The van der Waals surface area contributed by atoms with Gasteiger partial charge in [-0.2, -0.15) is 0 Å². The Hall–Kier alpha value is 0.0899. The van der Waals surface area contributed by atoms with Gasteiger partial charge in [-0.3, -0.25) is 0 Å². The van der Waals surface area contributed by atoms with Crippen LogP contribution < -0.4 is 0 Å². The first-order chi connectivity index (χ1) is 4.83. The molecule has 0 unspecified atom stereocenters. The van der Waals surface area contributed by atoms with Crippen LogP contribution in [-0.4, -0.2) is 22.0 Å². The third-order valence-electron chi connectivity index (χ3n) is 2.54. The molecule has 1 fully saturated rings. The molecule has 0 aromatic carbocycles. The highest BCUT2D eigenvalue weighted by Gasteiger charge is 2.14. The van der Waals surface area contributed by atoms with E-state index in [-0.39, 0.29) is 0 Å². The van der Waals surface area contributed by atoms with Crippen LogP contribution in [0.25, 0.3) is 0 Å². The molecular weight excluding hydrogens is 122 g/mol. The Bertz CT molecular complexity index is 97.6. The van der Waals surface area contributed by atoms with Gasteiger partial charge in [0.15, 0.2) is 0 Å². The lowest BCUT2D eigenvalue weighted by Gasteiger charge is -2.11. The lowest BCUT2D eigenvalue weighted by atomic mass is 9.81. The van der Waals surface area contributed by atoms with E-state index in [2.05, 4.69) is 7.85 Å². The van der Waals surface area contributed by atoms with Crippen LogP contribution in [0.5, 0.6) is 0 Å². The van der Waals surface area contributed by atoms with E-state index >= 15 is 0 Å². The first-order valence-electron chi connectivity index (χ1n) is 4.35. The van der Waals surface area contributed by atoms with Crippen LogP contribution in [0.15, 0.2) is 0 Å². The van der Waals surface area contributed by atoms with Crippen LogP contribution in [0.4, 0.5) is 0 Å². The monoisotopic (exact) mass is 138 g/mol. The van der Waals surface area contributed by atoms with Gasteiger partial charge in [-0.25, -0.2) is 0 Å². The zero-order valence-corrected chi connectivity index (χ0v) is 7.10. The van der Waals surface area contributed by atoms with Crippen LogP contribution in [0.3, 0.4) is 0 Å². The highest BCUT2D eigenvalue weighted by Crippen LogP contribution is 2.25. The van der Waals surface area contributed by atoms with Crippen molar-refractivity contribution in [2.45, 2.75) is 44.0 Å². The third kappa shape index (κ3) is 2.37. The van der Waals surface area contributed by atoms with Gasteiger partial charge in [-0.15, -0.1) is 0 Å². The molecule has 3 heteroatoms. The van der Waals surface area contributed by atoms with Crippen LogP contribution in [0, 0.1) is 0 Å². The fourth-order valence-electron chi connectivity index (χ4n) is 1.69. The van der Waals surface area contributed by atoms with Crippen LogP contribution in [0.1, 0.15) is 32.1 Å². The average molecular weight is 138 g/mol. The van der Waals surface area contributed by atoms with E-state index in [4.69, 9.17) is 4.65 Å². The standard InChI is InChI=1S/C7H16B2O/c8-6-2-1-3-7(10-9)5-4-6/h6-7H,1-5,8-9H2/t6-,7+/m0/s1. The highest BCUT2D eigenvalue weighted by atomic mass is 16.4. The minimum absolute atomic E-state index is 0.560. The highest BCUT2D eigenvalue weighted by molar-refractivity contribution is 6.11. The van der Waals surface area contributed by atoms with Gasteiger partial charge in [-0.05, 0) is 12.8 Å². The second-order valence-electron chi connectivity index (χ2n) is 3.47. The molecule has 0 bridgehead atoms. The second-order valence-corrected chi connectivity index (χ2v) is 3.47. The molecule has 0 N–H and O–H groups in total. The summed E-state index contributed by atoms with van der Waals surface area (Å²) in [6.07, 6.45) is 7.24. The molecule has 2 atom stereocenters. The second kappa shape index (κ2) is 4.07. The Kier molecular flexibility index (Phi) is 3.33. The Morgan fingerprint density at radius 1 is 1.10 bits per heavy atom. The minimum Gasteiger partial charge on any atom is -0.441 e. The summed E-state index contributed by atoms with van der Waals surface area (Å²) in [6, 6.07) is 0. The van der Waals surface area contributed by atoms with E-state index in [1.54, 1.807) is 0 Å². The van der Waals surface area contributed by atoms with E-state index in [1.807, 2.05) is 8.05 Å². The van der Waals surface area contributed by atoms with Gasteiger partial charge >= 0.3 is 0 Å². The fourth-order valence-corrected chi connectivity index (χ4v) is 1.69. The smallest absolute Gasteiger partial charge is 0.257 e. The third-order valence-corrected chi connectivity index (χ3v) is 2.54. The SMILES string of the molecule is BO[C@@H]1CCC[C@H](B)CC1. The molecule has 0 heterocycles. The van der Waals surface area contributed by atoms with Crippen LogP contribution in [0.2, 0.25) is 5.82 Å². The molecular formula is C7H16B2O. The topological polar surface area (TPSA) is 9.23 Å². The van der Waals surface area contributed by atoms with Gasteiger partial charge in [0.05, 0.1) is 0 Å². The van der Waals surface area contributed by atoms with E-state index in [1.165, 1.54) is 32.1 Å². The molecule has 1 rings (SSSR count). The average Bonchev–Trinajstić information content (AvgIpc) is 2.14. The van der Waals surface area contributed by atoms with E-state index in [0.29, 0.717) is 6.10 Å². The maximum absolute atomic E-state index is 5.32. The summed E-state index contributed by atoms with van der Waals surface area (Å²) in [6.45, 7) is 0. The Morgan fingerprint density at radius 3 is 2.60 bits per heavy atom. The molecule has 10 heavy (non-hydrogen) atoms. The molecule has 0 aromatic rings. The fraction of sp³-hybridized carbons (Fsp3) is 1.00. The Labute approximate surface area is 65.4 Å². The predicted octanol–water partition coefficient (Wildman–Crippen LogP) is 0.305. The van der Waals surface area contributed by atoms with Gasteiger partial charge in [-0.1, -0.05) is 25.1 Å². The van der Waals surface area contributed by atoms with Crippen LogP contribution >= 0.6 is 0 Å². The Balaban J connectivity index is 2.26. The normalized spacial score (nSPS) is 35.2. The summed E-state index contributed by atoms with van der Waals surface area (Å²) in [4.78, 5) is 0. The molecule has 0 aromatic heterocycles. The quantitative estimate of drug-likeness (QED) is 0.374. The molecule has 1 saturated carbocycles. The largest absolute Gasteiger partial charge is 0.441 e. The van der Waals surface area contributed by atoms with Crippen molar-refractivity contribution in [1.29, 1.82) is 0 Å². The molecule has 1 nitrogen and oxygen atoms in total. The first-order valence-corrected chi connectivity index (χ1v) is 4.35. The van der Waals surface area contributed by atoms with Gasteiger partial charge in [0.1, 0.15) is 7.85 Å². The minimum atomic E-state index is 0.560. The first kappa shape index (κ1) is 8.19. The Morgan fingerprint density at radius 2 is 1.90 bits per heavy atom. The van der Waals surface area contributed by atoms with Gasteiger partial charge in [0.25, 0.3) is 8.05 Å². The summed E-state index contributed by atoms with van der Waals surface area (Å²) < 4.78 is 5.32. The van der Waals surface area contributed by atoms with Crippen molar-refractivity contribution in [2.24, 2.45) is 0 Å². The lowest BCUT2D eigenvalue weighted by Crippen LogP contribution is -2.08. The van der Waals surface area contributed by atoms with Crippen LogP contribution in [-0.2, 0) is 4.65 Å². The lowest BCUT2D eigenvalue weighted by molar-refractivity contribution is 0.202. The zero-order valence-electron chi connectivity index (χ0n) is 7.10. The number of rotatable bonds is 1. The molecule has 0 spiro atoms. The number of hydrogen-bond donors (Lipinski definition) is 0. The van der Waals surface area contributed by atoms with Gasteiger partial charge < -0.3 is 4.65 Å². The van der Waals surface area contributed by atoms with E-state index in [9.17, 15) is 0 Å². The molecule has 0 amide bonds. The summed E-state index contributed by atoms with van der Waals surface area (Å²) in [5.41, 5.74) is 0. The maximum atomic E-state index is 5.32. The number of hydrogen-bond acceptors (Lipinski definition) is 1. The van der Waals surface area contributed by atoms with Crippen molar-refractivity contribution >= 4 is 15.9 Å². The molecule has 0 saturated heterocycles. The van der Waals surface area contributed by atoms with Crippen molar-refractivity contribution < 1.29 is 4.65 Å². The molecule has 56 valence electrons.